The lowest BCUT2D eigenvalue weighted by Gasteiger charge is -1.94. The Balaban J connectivity index is 3.08. The molecule has 2 nitrogen and oxygen atoms in total. The smallest absolute Gasteiger partial charge is 0.143 e. The van der Waals surface area contributed by atoms with Gasteiger partial charge in [-0.25, -0.2) is 4.39 Å². The standard InChI is InChI=1S/C5H3FO2S/c6-3-1-2-9-4(3)5(7)8/h1-2H,(H,7,8)/p-1. The highest BCUT2D eigenvalue weighted by molar-refractivity contribution is 7.11. The van der Waals surface area contributed by atoms with E-state index < -0.39 is 11.8 Å². The van der Waals surface area contributed by atoms with Crippen LogP contribution in [0.25, 0.3) is 0 Å². The zero-order valence-corrected chi connectivity index (χ0v) is 5.07. The number of halogens is 1. The van der Waals surface area contributed by atoms with Gasteiger partial charge in [0.15, 0.2) is 0 Å². The van der Waals surface area contributed by atoms with Gasteiger partial charge in [0.2, 0.25) is 0 Å². The Morgan fingerprint density at radius 1 is 1.78 bits per heavy atom. The average molecular weight is 145 g/mol. The first-order valence-electron chi connectivity index (χ1n) is 2.16. The van der Waals surface area contributed by atoms with Crippen LogP contribution in [0.15, 0.2) is 11.4 Å². The molecule has 1 aromatic heterocycles. The summed E-state index contributed by atoms with van der Waals surface area (Å²) in [7, 11) is 0. The molecule has 0 spiro atoms. The van der Waals surface area contributed by atoms with Crippen LogP contribution in [0.4, 0.5) is 4.39 Å². The molecule has 0 aliphatic carbocycles. The molecule has 0 unspecified atom stereocenters. The lowest BCUT2D eigenvalue weighted by molar-refractivity contribution is -0.254. The van der Waals surface area contributed by atoms with Crippen molar-refractivity contribution in [3.8, 4) is 0 Å². The maximum atomic E-state index is 12.2. The monoisotopic (exact) mass is 145 g/mol. The fourth-order valence-corrected chi connectivity index (χ4v) is 1.04. The quantitative estimate of drug-likeness (QED) is 0.568. The number of hydrogen-bond acceptors (Lipinski definition) is 3. The Morgan fingerprint density at radius 2 is 2.44 bits per heavy atom. The van der Waals surface area contributed by atoms with E-state index in [1.807, 2.05) is 0 Å². The van der Waals surface area contributed by atoms with E-state index in [0.29, 0.717) is 0 Å². The molecular weight excluding hydrogens is 143 g/mol. The fourth-order valence-electron chi connectivity index (χ4n) is 0.439. The lowest BCUT2D eigenvalue weighted by Crippen LogP contribution is -2.21. The summed E-state index contributed by atoms with van der Waals surface area (Å²) >= 11 is 0.821. The number of carboxylic acid groups (broad SMARTS) is 1. The molecule has 1 aromatic rings. The van der Waals surface area contributed by atoms with Crippen molar-refractivity contribution in [1.82, 2.24) is 0 Å². The molecule has 0 aliphatic rings. The van der Waals surface area contributed by atoms with E-state index in [2.05, 4.69) is 0 Å². The Morgan fingerprint density at radius 3 is 2.67 bits per heavy atom. The lowest BCUT2D eigenvalue weighted by atomic mass is 10.4. The van der Waals surface area contributed by atoms with E-state index in [0.717, 1.165) is 17.4 Å². The molecule has 4 heteroatoms. The molecule has 0 N–H and O–H groups in total. The minimum atomic E-state index is -1.46. The van der Waals surface area contributed by atoms with Gasteiger partial charge in [-0.1, -0.05) is 0 Å². The van der Waals surface area contributed by atoms with Gasteiger partial charge in [-0.3, -0.25) is 0 Å². The zero-order valence-electron chi connectivity index (χ0n) is 4.26. The van der Waals surface area contributed by atoms with E-state index in [-0.39, 0.29) is 4.88 Å². The Kier molecular flexibility index (Phi) is 1.48. The maximum absolute atomic E-state index is 12.2. The summed E-state index contributed by atoms with van der Waals surface area (Å²) in [5.41, 5.74) is 0. The van der Waals surface area contributed by atoms with E-state index in [1.54, 1.807) is 0 Å². The van der Waals surface area contributed by atoms with Gasteiger partial charge in [-0.15, -0.1) is 11.3 Å². The Labute approximate surface area is 54.6 Å². The molecule has 0 radical (unpaired) electrons. The van der Waals surface area contributed by atoms with Crippen LogP contribution in [-0.4, -0.2) is 5.97 Å². The predicted octanol–water partition coefficient (Wildman–Crippen LogP) is 0.251. The van der Waals surface area contributed by atoms with Gasteiger partial charge in [0.05, 0.1) is 10.8 Å². The van der Waals surface area contributed by atoms with Gasteiger partial charge in [-0.2, -0.15) is 0 Å². The average Bonchev–Trinajstić information content (AvgIpc) is 2.13. The summed E-state index contributed by atoms with van der Waals surface area (Å²) in [5.74, 6) is -2.18. The summed E-state index contributed by atoms with van der Waals surface area (Å²) < 4.78 is 12.2. The largest absolute Gasteiger partial charge is 0.544 e. The molecule has 48 valence electrons. The summed E-state index contributed by atoms with van der Waals surface area (Å²) in [6, 6.07) is 1.09. The van der Waals surface area contributed by atoms with Crippen LogP contribution in [0.1, 0.15) is 9.67 Å². The van der Waals surface area contributed by atoms with Crippen molar-refractivity contribution < 1.29 is 14.3 Å². The molecule has 1 heterocycles. The highest BCUT2D eigenvalue weighted by Crippen LogP contribution is 2.12. The van der Waals surface area contributed by atoms with Crippen LogP contribution in [0.2, 0.25) is 0 Å². The Bertz CT molecular complexity index is 231. The number of aromatic carboxylic acids is 1. The van der Waals surface area contributed by atoms with Crippen LogP contribution in [0.3, 0.4) is 0 Å². The van der Waals surface area contributed by atoms with Gasteiger partial charge in [0.1, 0.15) is 5.82 Å². The Hall–Kier alpha value is -0.900. The minimum absolute atomic E-state index is 0.338. The van der Waals surface area contributed by atoms with Gasteiger partial charge < -0.3 is 9.90 Å². The van der Waals surface area contributed by atoms with Gasteiger partial charge >= 0.3 is 0 Å². The second-order valence-electron chi connectivity index (χ2n) is 1.39. The minimum Gasteiger partial charge on any atom is -0.544 e. The molecule has 0 atom stereocenters. The normalized spacial score (nSPS) is 9.44. The second-order valence-corrected chi connectivity index (χ2v) is 2.30. The third kappa shape index (κ3) is 1.08. The third-order valence-corrected chi connectivity index (χ3v) is 1.67. The number of hydrogen-bond donors (Lipinski definition) is 0. The fraction of sp³-hybridized carbons (Fsp3) is 0. The molecule has 0 aromatic carbocycles. The molecule has 0 bridgehead atoms. The van der Waals surface area contributed by atoms with E-state index in [9.17, 15) is 14.3 Å². The summed E-state index contributed by atoms with van der Waals surface area (Å²) in [5, 5.41) is 11.3. The second kappa shape index (κ2) is 2.14. The molecule has 0 aliphatic heterocycles. The topological polar surface area (TPSA) is 40.1 Å². The molecule has 0 fully saturated rings. The van der Waals surface area contributed by atoms with Crippen LogP contribution in [0.5, 0.6) is 0 Å². The molecule has 0 saturated heterocycles. The number of carbonyl (C=O) groups is 1. The highest BCUT2D eigenvalue weighted by Gasteiger charge is 2.01. The van der Waals surface area contributed by atoms with Gasteiger partial charge in [0.25, 0.3) is 0 Å². The first kappa shape index (κ1) is 6.22. The molecule has 0 saturated carbocycles. The van der Waals surface area contributed by atoms with Gasteiger partial charge in [0, 0.05) is 0 Å². The van der Waals surface area contributed by atoms with E-state index in [4.69, 9.17) is 0 Å². The van der Waals surface area contributed by atoms with E-state index >= 15 is 0 Å². The van der Waals surface area contributed by atoms with Crippen molar-refractivity contribution in [2.45, 2.75) is 0 Å². The van der Waals surface area contributed by atoms with Crippen LogP contribution >= 0.6 is 11.3 Å². The predicted molar refractivity (Wildman–Crippen MR) is 28.6 cm³/mol. The van der Waals surface area contributed by atoms with Crippen LogP contribution in [0, 0.1) is 5.82 Å². The maximum Gasteiger partial charge on any atom is 0.143 e. The van der Waals surface area contributed by atoms with Crippen LogP contribution < -0.4 is 5.11 Å². The molecule has 0 amide bonds. The van der Waals surface area contributed by atoms with Crippen molar-refractivity contribution in [2.75, 3.05) is 0 Å². The molecule has 9 heavy (non-hydrogen) atoms. The van der Waals surface area contributed by atoms with Crippen molar-refractivity contribution in [3.05, 3.63) is 22.1 Å². The van der Waals surface area contributed by atoms with Crippen molar-refractivity contribution in [2.24, 2.45) is 0 Å². The van der Waals surface area contributed by atoms with Crippen molar-refractivity contribution >= 4 is 17.3 Å². The molecular formula is C5H2FO2S-. The van der Waals surface area contributed by atoms with Crippen LogP contribution in [-0.2, 0) is 0 Å². The summed E-state index contributed by atoms with van der Waals surface area (Å²) in [4.78, 5) is 9.60. The molecule has 1 rings (SSSR count). The number of carbonyl (C=O) groups excluding carboxylic acids is 1. The van der Waals surface area contributed by atoms with Gasteiger partial charge in [-0.05, 0) is 11.4 Å². The summed E-state index contributed by atoms with van der Waals surface area (Å²) in [6.07, 6.45) is 0. The van der Waals surface area contributed by atoms with Crippen molar-refractivity contribution in [3.63, 3.8) is 0 Å². The first-order chi connectivity index (χ1) is 4.22. The summed E-state index contributed by atoms with van der Waals surface area (Å²) in [6.45, 7) is 0. The first-order valence-corrected chi connectivity index (χ1v) is 3.04. The highest BCUT2D eigenvalue weighted by atomic mass is 32.1. The van der Waals surface area contributed by atoms with E-state index in [1.165, 1.54) is 5.38 Å². The van der Waals surface area contributed by atoms with Crippen molar-refractivity contribution in [1.29, 1.82) is 0 Å². The number of thiophene rings is 1. The number of carboxylic acids is 1. The zero-order chi connectivity index (χ0) is 6.85. The third-order valence-electron chi connectivity index (χ3n) is 0.803. The number of rotatable bonds is 1. The SMILES string of the molecule is O=C([O-])c1sccc1F.